The van der Waals surface area contributed by atoms with Crippen LogP contribution in [0.2, 0.25) is 0 Å². The number of aliphatic imine (C=N–C) groups is 1. The van der Waals surface area contributed by atoms with Gasteiger partial charge in [0.05, 0.1) is 11.4 Å². The van der Waals surface area contributed by atoms with Crippen molar-refractivity contribution in [1.82, 2.24) is 5.32 Å². The van der Waals surface area contributed by atoms with Gasteiger partial charge in [0.15, 0.2) is 0 Å². The molecule has 1 saturated carbocycles. The first-order chi connectivity index (χ1) is 14.7. The van der Waals surface area contributed by atoms with E-state index in [0.717, 1.165) is 24.1 Å². The van der Waals surface area contributed by atoms with Crippen LogP contribution in [0.1, 0.15) is 68.8 Å². The first-order valence-electron chi connectivity index (χ1n) is 10.9. The minimum absolute atomic E-state index is 0.0370. The average molecular weight is 421 g/mol. The van der Waals surface area contributed by atoms with Crippen molar-refractivity contribution < 1.29 is 9.59 Å². The quantitative estimate of drug-likeness (QED) is 0.465. The van der Waals surface area contributed by atoms with Gasteiger partial charge in [-0.15, -0.1) is 0 Å². The highest BCUT2D eigenvalue weighted by Crippen LogP contribution is 2.24. The van der Waals surface area contributed by atoms with E-state index in [1.807, 2.05) is 45.0 Å². The van der Waals surface area contributed by atoms with Gasteiger partial charge < -0.3 is 16.4 Å². The van der Waals surface area contributed by atoms with Gasteiger partial charge in [0, 0.05) is 28.9 Å². The van der Waals surface area contributed by atoms with Gasteiger partial charge in [-0.1, -0.05) is 52.2 Å². The fraction of sp³-hybridized carbons (Fsp3) is 0.400. The van der Waals surface area contributed by atoms with Gasteiger partial charge in [-0.05, 0) is 48.7 Å². The molecule has 6 nitrogen and oxygen atoms in total. The number of anilines is 2. The fourth-order valence-corrected chi connectivity index (χ4v) is 3.43. The van der Waals surface area contributed by atoms with Crippen molar-refractivity contribution in [3.63, 3.8) is 0 Å². The molecule has 0 spiro atoms. The number of hydrogen-bond donors (Lipinski definition) is 3. The summed E-state index contributed by atoms with van der Waals surface area (Å²) in [4.78, 5) is 29.2. The summed E-state index contributed by atoms with van der Waals surface area (Å²) in [7, 11) is 0. The normalized spacial score (nSPS) is 15.1. The molecule has 0 atom stereocenters. The van der Waals surface area contributed by atoms with Gasteiger partial charge in [0.25, 0.3) is 5.91 Å². The first kappa shape index (κ1) is 22.5. The third-order valence-electron chi connectivity index (χ3n) is 5.44. The lowest BCUT2D eigenvalue weighted by molar-refractivity contribution is -0.123. The van der Waals surface area contributed by atoms with Crippen LogP contribution in [0.3, 0.4) is 0 Å². The number of hydrogen-bond acceptors (Lipinski definition) is 4. The molecule has 0 heterocycles. The Bertz CT molecular complexity index is 952. The van der Waals surface area contributed by atoms with Gasteiger partial charge in [0.1, 0.15) is 0 Å². The van der Waals surface area contributed by atoms with Crippen LogP contribution in [0.15, 0.2) is 47.5 Å². The number of nitrogens with zero attached hydrogens (tertiary/aromatic N) is 1. The summed E-state index contributed by atoms with van der Waals surface area (Å²) in [5.41, 5.74) is 8.84. The second kappa shape index (κ2) is 9.77. The Balaban J connectivity index is 1.66. The molecular weight excluding hydrogens is 388 g/mol. The lowest BCUT2D eigenvalue weighted by Gasteiger charge is -2.22. The number of nitrogens with one attached hydrogen (secondary N) is 2. The Morgan fingerprint density at radius 3 is 2.35 bits per heavy atom. The molecular formula is C25H32N4O2. The fourth-order valence-electron chi connectivity index (χ4n) is 3.43. The monoisotopic (exact) mass is 420 g/mol. The predicted octanol–water partition coefficient (Wildman–Crippen LogP) is 5.07. The molecule has 31 heavy (non-hydrogen) atoms. The minimum atomic E-state index is -0.452. The highest BCUT2D eigenvalue weighted by Gasteiger charge is 2.21. The van der Waals surface area contributed by atoms with E-state index in [2.05, 4.69) is 15.6 Å². The molecule has 2 amide bonds. The third-order valence-corrected chi connectivity index (χ3v) is 5.44. The summed E-state index contributed by atoms with van der Waals surface area (Å²) in [6, 6.07) is 12.8. The van der Waals surface area contributed by atoms with Crippen molar-refractivity contribution in [2.45, 2.75) is 58.9 Å². The van der Waals surface area contributed by atoms with Crippen LogP contribution in [0.4, 0.5) is 17.1 Å². The van der Waals surface area contributed by atoms with Crippen LogP contribution in [-0.4, -0.2) is 24.1 Å². The number of rotatable bonds is 5. The summed E-state index contributed by atoms with van der Waals surface area (Å²) in [5.74, 6) is -0.118. The lowest BCUT2D eigenvalue weighted by Crippen LogP contribution is -2.36. The molecule has 1 fully saturated rings. The van der Waals surface area contributed by atoms with E-state index in [0.29, 0.717) is 16.9 Å². The smallest absolute Gasteiger partial charge is 0.251 e. The van der Waals surface area contributed by atoms with Crippen LogP contribution < -0.4 is 16.4 Å². The van der Waals surface area contributed by atoms with Crippen LogP contribution >= 0.6 is 0 Å². The number of carbonyl (C=O) groups is 2. The Kier molecular flexibility index (Phi) is 7.10. The largest absolute Gasteiger partial charge is 0.397 e. The molecule has 2 aromatic rings. The molecule has 0 aromatic heterocycles. The summed E-state index contributed by atoms with van der Waals surface area (Å²) >= 11 is 0. The number of benzene rings is 2. The van der Waals surface area contributed by atoms with Crippen LogP contribution in [0, 0.1) is 5.41 Å². The Morgan fingerprint density at radius 2 is 1.71 bits per heavy atom. The standard InChI is InChI=1S/C25H32N4O2/c1-25(2,3)24(31)29-20-12-9-17(10-13-20)16-27-22-15-18(11-14-21(22)26)23(30)28-19-7-5-4-6-8-19/h9-16,19H,4-8,26H2,1-3H3,(H,28,30)(H,29,31). The van der Waals surface area contributed by atoms with E-state index in [1.54, 1.807) is 24.4 Å². The van der Waals surface area contributed by atoms with Gasteiger partial charge in [0.2, 0.25) is 5.91 Å². The van der Waals surface area contributed by atoms with Crippen LogP contribution in [0.25, 0.3) is 0 Å². The summed E-state index contributed by atoms with van der Waals surface area (Å²) in [6.45, 7) is 5.62. The number of nitrogens with two attached hydrogens (primary N) is 1. The third kappa shape index (κ3) is 6.41. The topological polar surface area (TPSA) is 96.6 Å². The van der Waals surface area contributed by atoms with Gasteiger partial charge in [-0.3, -0.25) is 14.6 Å². The molecule has 3 rings (SSSR count). The Morgan fingerprint density at radius 1 is 1.03 bits per heavy atom. The average Bonchev–Trinajstić information content (AvgIpc) is 2.74. The van der Waals surface area contributed by atoms with Crippen molar-refractivity contribution in [2.75, 3.05) is 11.1 Å². The van der Waals surface area contributed by atoms with Gasteiger partial charge in [-0.25, -0.2) is 0 Å². The van der Waals surface area contributed by atoms with Crippen molar-refractivity contribution >= 4 is 35.1 Å². The second-order valence-corrected chi connectivity index (χ2v) is 9.17. The first-order valence-corrected chi connectivity index (χ1v) is 10.9. The SMILES string of the molecule is CC(C)(C)C(=O)Nc1ccc(C=Nc2cc(C(=O)NC3CCCCC3)ccc2N)cc1. The summed E-state index contributed by atoms with van der Waals surface area (Å²) in [6.07, 6.45) is 7.36. The van der Waals surface area contributed by atoms with Crippen LogP contribution in [0.5, 0.6) is 0 Å². The van der Waals surface area contributed by atoms with Crippen molar-refractivity contribution in [2.24, 2.45) is 10.4 Å². The van der Waals surface area contributed by atoms with E-state index in [1.165, 1.54) is 19.3 Å². The maximum absolute atomic E-state index is 12.6. The van der Waals surface area contributed by atoms with Gasteiger partial charge >= 0.3 is 0 Å². The molecule has 0 unspecified atom stereocenters. The molecule has 0 aliphatic heterocycles. The zero-order chi connectivity index (χ0) is 22.4. The Labute approximate surface area is 184 Å². The van der Waals surface area contributed by atoms with Crippen molar-refractivity contribution in [1.29, 1.82) is 0 Å². The summed E-state index contributed by atoms with van der Waals surface area (Å²) < 4.78 is 0. The van der Waals surface area contributed by atoms with E-state index in [-0.39, 0.29) is 17.9 Å². The molecule has 0 bridgehead atoms. The van der Waals surface area contributed by atoms with Crippen molar-refractivity contribution in [3.05, 3.63) is 53.6 Å². The second-order valence-electron chi connectivity index (χ2n) is 9.17. The number of amides is 2. The molecule has 2 aromatic carbocycles. The maximum Gasteiger partial charge on any atom is 0.251 e. The highest BCUT2D eigenvalue weighted by atomic mass is 16.2. The summed E-state index contributed by atoms with van der Waals surface area (Å²) in [5, 5.41) is 6.02. The van der Waals surface area contributed by atoms with E-state index >= 15 is 0 Å². The molecule has 4 N–H and O–H groups in total. The Hall–Kier alpha value is -3.15. The van der Waals surface area contributed by atoms with E-state index in [4.69, 9.17) is 5.73 Å². The molecule has 1 aliphatic carbocycles. The predicted molar refractivity (Wildman–Crippen MR) is 127 cm³/mol. The minimum Gasteiger partial charge on any atom is -0.397 e. The zero-order valence-corrected chi connectivity index (χ0v) is 18.6. The van der Waals surface area contributed by atoms with Crippen molar-refractivity contribution in [3.8, 4) is 0 Å². The number of nitrogen functional groups attached to an aromatic ring is 1. The molecule has 1 aliphatic rings. The lowest BCUT2D eigenvalue weighted by atomic mass is 9.95. The van der Waals surface area contributed by atoms with E-state index in [9.17, 15) is 9.59 Å². The van der Waals surface area contributed by atoms with E-state index < -0.39 is 5.41 Å². The van der Waals surface area contributed by atoms with Crippen LogP contribution in [-0.2, 0) is 4.79 Å². The van der Waals surface area contributed by atoms with Gasteiger partial charge in [-0.2, -0.15) is 0 Å². The maximum atomic E-state index is 12.6. The number of carbonyl (C=O) groups excluding carboxylic acids is 2. The highest BCUT2D eigenvalue weighted by molar-refractivity contribution is 5.97. The zero-order valence-electron chi connectivity index (χ0n) is 18.6. The molecule has 0 radical (unpaired) electrons. The molecule has 164 valence electrons. The molecule has 0 saturated heterocycles. The molecule has 6 heteroatoms.